The van der Waals surface area contributed by atoms with Crippen LogP contribution in [0.25, 0.3) is 0 Å². The van der Waals surface area contributed by atoms with Crippen molar-refractivity contribution >= 4 is 11.6 Å². The Bertz CT molecular complexity index is 796. The normalized spacial score (nSPS) is 16.3. The van der Waals surface area contributed by atoms with Crippen LogP contribution in [-0.4, -0.2) is 23.9 Å². The fourth-order valence-corrected chi connectivity index (χ4v) is 3.50. The van der Waals surface area contributed by atoms with Gasteiger partial charge in [0.05, 0.1) is 11.3 Å². The summed E-state index contributed by atoms with van der Waals surface area (Å²) in [6.07, 6.45) is -3.20. The van der Waals surface area contributed by atoms with Crippen molar-refractivity contribution < 1.29 is 18.0 Å². The zero-order valence-electron chi connectivity index (χ0n) is 15.2. The summed E-state index contributed by atoms with van der Waals surface area (Å²) in [7, 11) is 0. The van der Waals surface area contributed by atoms with Gasteiger partial charge in [0.1, 0.15) is 0 Å². The zero-order chi connectivity index (χ0) is 19.4. The van der Waals surface area contributed by atoms with E-state index < -0.39 is 11.7 Å². The quantitative estimate of drug-likeness (QED) is 0.826. The second kappa shape index (κ2) is 8.13. The monoisotopic (exact) mass is 376 g/mol. The highest BCUT2D eigenvalue weighted by atomic mass is 19.4. The number of nitrogens with one attached hydrogen (secondary N) is 1. The molecule has 1 heterocycles. The summed E-state index contributed by atoms with van der Waals surface area (Å²) in [5.74, 6) is -0.595. The summed E-state index contributed by atoms with van der Waals surface area (Å²) >= 11 is 0. The molecule has 0 spiro atoms. The Hall–Kier alpha value is -2.34. The number of para-hydroxylation sites is 1. The van der Waals surface area contributed by atoms with Crippen LogP contribution in [0.3, 0.4) is 0 Å². The summed E-state index contributed by atoms with van der Waals surface area (Å²) in [5, 5.41) is 2.48. The first-order valence-electron chi connectivity index (χ1n) is 9.08. The van der Waals surface area contributed by atoms with E-state index >= 15 is 0 Å². The van der Waals surface area contributed by atoms with Crippen LogP contribution >= 0.6 is 0 Å². The van der Waals surface area contributed by atoms with Crippen molar-refractivity contribution in [3.63, 3.8) is 0 Å². The maximum absolute atomic E-state index is 13.1. The van der Waals surface area contributed by atoms with Crippen molar-refractivity contribution in [2.24, 2.45) is 5.92 Å². The van der Waals surface area contributed by atoms with Gasteiger partial charge in [-0.1, -0.05) is 42.0 Å². The number of amides is 1. The molecule has 27 heavy (non-hydrogen) atoms. The molecule has 1 fully saturated rings. The van der Waals surface area contributed by atoms with E-state index in [9.17, 15) is 18.0 Å². The molecule has 1 aliphatic heterocycles. The third kappa shape index (κ3) is 5.10. The fourth-order valence-electron chi connectivity index (χ4n) is 3.50. The number of hydrogen-bond donors (Lipinski definition) is 1. The van der Waals surface area contributed by atoms with Crippen LogP contribution in [0.2, 0.25) is 0 Å². The molecule has 1 aliphatic rings. The number of likely N-dealkylation sites (tertiary alicyclic amines) is 1. The summed E-state index contributed by atoms with van der Waals surface area (Å²) in [6.45, 7) is 4.39. The van der Waals surface area contributed by atoms with E-state index in [4.69, 9.17) is 0 Å². The lowest BCUT2D eigenvalue weighted by Gasteiger charge is -2.31. The molecule has 2 aromatic carbocycles. The smallest absolute Gasteiger partial charge is 0.325 e. The minimum Gasteiger partial charge on any atom is -0.325 e. The largest absolute Gasteiger partial charge is 0.418 e. The maximum atomic E-state index is 13.1. The number of rotatable bonds is 4. The Morgan fingerprint density at radius 2 is 1.81 bits per heavy atom. The highest BCUT2D eigenvalue weighted by molar-refractivity contribution is 5.93. The Morgan fingerprint density at radius 1 is 1.11 bits per heavy atom. The minimum atomic E-state index is -4.49. The molecule has 144 valence electrons. The first-order chi connectivity index (χ1) is 12.8. The average Bonchev–Trinajstić information content (AvgIpc) is 2.62. The van der Waals surface area contributed by atoms with Crippen molar-refractivity contribution in [3.05, 3.63) is 65.2 Å². The molecule has 3 rings (SSSR count). The van der Waals surface area contributed by atoms with Crippen molar-refractivity contribution in [1.29, 1.82) is 0 Å². The predicted molar refractivity (Wildman–Crippen MR) is 99.3 cm³/mol. The maximum Gasteiger partial charge on any atom is 0.418 e. The topological polar surface area (TPSA) is 32.3 Å². The van der Waals surface area contributed by atoms with Gasteiger partial charge in [-0.3, -0.25) is 9.69 Å². The number of nitrogens with zero attached hydrogens (tertiary/aromatic N) is 1. The third-order valence-electron chi connectivity index (χ3n) is 4.94. The zero-order valence-corrected chi connectivity index (χ0v) is 15.2. The first-order valence-corrected chi connectivity index (χ1v) is 9.08. The Labute approximate surface area is 157 Å². The second-order valence-corrected chi connectivity index (χ2v) is 7.07. The van der Waals surface area contributed by atoms with Crippen molar-refractivity contribution in [3.8, 4) is 0 Å². The number of hydrogen-bond acceptors (Lipinski definition) is 2. The number of carbonyl (C=O) groups excluding carboxylic acids is 1. The molecule has 0 bridgehead atoms. The molecule has 0 unspecified atom stereocenters. The lowest BCUT2D eigenvalue weighted by molar-refractivity contribution is -0.137. The SMILES string of the molecule is Cc1cccc(CN2CCC(C(=O)Nc3ccccc3C(F)(F)F)CC2)c1. The van der Waals surface area contributed by atoms with Gasteiger partial charge in [-0.05, 0) is 50.6 Å². The number of aryl methyl sites for hydroxylation is 1. The summed E-state index contributed by atoms with van der Waals surface area (Å²) in [4.78, 5) is 14.7. The second-order valence-electron chi connectivity index (χ2n) is 7.07. The van der Waals surface area contributed by atoms with E-state index in [0.29, 0.717) is 12.8 Å². The van der Waals surface area contributed by atoms with Crippen LogP contribution in [0.1, 0.15) is 29.5 Å². The minimum absolute atomic E-state index is 0.169. The molecule has 6 heteroatoms. The molecule has 0 aliphatic carbocycles. The molecule has 0 aromatic heterocycles. The molecule has 1 N–H and O–H groups in total. The van der Waals surface area contributed by atoms with E-state index in [-0.39, 0.29) is 17.5 Å². The Kier molecular flexibility index (Phi) is 5.85. The molecule has 1 amide bonds. The van der Waals surface area contributed by atoms with Gasteiger partial charge in [-0.15, -0.1) is 0 Å². The Morgan fingerprint density at radius 3 is 2.48 bits per heavy atom. The van der Waals surface area contributed by atoms with Gasteiger partial charge in [-0.2, -0.15) is 13.2 Å². The highest BCUT2D eigenvalue weighted by Gasteiger charge is 2.34. The molecule has 3 nitrogen and oxygen atoms in total. The van der Waals surface area contributed by atoms with Crippen molar-refractivity contribution in [1.82, 2.24) is 4.90 Å². The van der Waals surface area contributed by atoms with E-state index in [0.717, 1.165) is 25.7 Å². The van der Waals surface area contributed by atoms with Gasteiger partial charge < -0.3 is 5.32 Å². The van der Waals surface area contributed by atoms with Gasteiger partial charge >= 0.3 is 6.18 Å². The number of anilines is 1. The molecular formula is C21H23F3N2O. The number of alkyl halides is 3. The first kappa shape index (κ1) is 19.4. The molecule has 0 atom stereocenters. The number of carbonyl (C=O) groups is 1. The number of piperidine rings is 1. The van der Waals surface area contributed by atoms with Crippen LogP contribution in [0, 0.1) is 12.8 Å². The van der Waals surface area contributed by atoms with E-state index in [1.54, 1.807) is 0 Å². The van der Waals surface area contributed by atoms with Crippen LogP contribution < -0.4 is 5.32 Å². The highest BCUT2D eigenvalue weighted by Crippen LogP contribution is 2.35. The van der Waals surface area contributed by atoms with Crippen LogP contribution in [-0.2, 0) is 17.5 Å². The summed E-state index contributed by atoms with van der Waals surface area (Å²) in [5.41, 5.74) is 1.47. The molecule has 0 radical (unpaired) electrons. The van der Waals surface area contributed by atoms with Crippen LogP contribution in [0.15, 0.2) is 48.5 Å². The lowest BCUT2D eigenvalue weighted by atomic mass is 9.95. The van der Waals surface area contributed by atoms with Gasteiger partial charge in [-0.25, -0.2) is 0 Å². The number of halogens is 3. The van der Waals surface area contributed by atoms with Crippen molar-refractivity contribution in [2.45, 2.75) is 32.5 Å². The van der Waals surface area contributed by atoms with E-state index in [1.165, 1.54) is 29.3 Å². The van der Waals surface area contributed by atoms with Gasteiger partial charge in [0, 0.05) is 12.5 Å². The summed E-state index contributed by atoms with van der Waals surface area (Å²) in [6, 6.07) is 13.4. The Balaban J connectivity index is 1.56. The van der Waals surface area contributed by atoms with Crippen molar-refractivity contribution in [2.75, 3.05) is 18.4 Å². The lowest BCUT2D eigenvalue weighted by Crippen LogP contribution is -2.38. The predicted octanol–water partition coefficient (Wildman–Crippen LogP) is 4.86. The molecule has 1 saturated heterocycles. The van der Waals surface area contributed by atoms with E-state index in [1.807, 2.05) is 6.07 Å². The van der Waals surface area contributed by atoms with Crippen LogP contribution in [0.4, 0.5) is 18.9 Å². The van der Waals surface area contributed by atoms with Gasteiger partial charge in [0.25, 0.3) is 0 Å². The van der Waals surface area contributed by atoms with E-state index in [2.05, 4.69) is 35.3 Å². The van der Waals surface area contributed by atoms with Crippen LogP contribution in [0.5, 0.6) is 0 Å². The molecule has 2 aromatic rings. The van der Waals surface area contributed by atoms with Gasteiger partial charge in [0.2, 0.25) is 5.91 Å². The average molecular weight is 376 g/mol. The summed E-state index contributed by atoms with van der Waals surface area (Å²) < 4.78 is 39.2. The molecule has 0 saturated carbocycles. The fraction of sp³-hybridized carbons (Fsp3) is 0.381. The standard InChI is InChI=1S/C21H23F3N2O/c1-15-5-4-6-16(13-15)14-26-11-9-17(10-12-26)20(27)25-19-8-3-2-7-18(19)21(22,23)24/h2-8,13,17H,9-12,14H2,1H3,(H,25,27). The third-order valence-corrected chi connectivity index (χ3v) is 4.94. The number of benzene rings is 2. The molecular weight excluding hydrogens is 353 g/mol. The van der Waals surface area contributed by atoms with Gasteiger partial charge in [0.15, 0.2) is 0 Å².